The number of aromatic nitrogens is 2. The van der Waals surface area contributed by atoms with E-state index in [4.69, 9.17) is 16.9 Å². The number of aryl methyl sites for hydroxylation is 3. The first-order valence-electron chi connectivity index (χ1n) is 5.50. The molecule has 0 aliphatic rings. The zero-order valence-corrected chi connectivity index (χ0v) is 11.2. The first-order valence-corrected chi connectivity index (χ1v) is 5.87. The predicted molar refractivity (Wildman–Crippen MR) is 72.1 cm³/mol. The minimum absolute atomic E-state index is 0.537. The summed E-state index contributed by atoms with van der Waals surface area (Å²) in [6, 6.07) is 7.85. The van der Waals surface area contributed by atoms with Crippen LogP contribution in [0.5, 0.6) is 0 Å². The Labute approximate surface area is 111 Å². The maximum absolute atomic E-state index is 9.14. The van der Waals surface area contributed by atoms with E-state index >= 15 is 0 Å². The van der Waals surface area contributed by atoms with Crippen LogP contribution >= 0.6 is 11.6 Å². The van der Waals surface area contributed by atoms with E-state index in [1.165, 1.54) is 0 Å². The molecule has 0 aliphatic carbocycles. The van der Waals surface area contributed by atoms with Gasteiger partial charge in [-0.1, -0.05) is 17.7 Å². The van der Waals surface area contributed by atoms with Gasteiger partial charge in [0.15, 0.2) is 0 Å². The van der Waals surface area contributed by atoms with Crippen LogP contribution in [0.2, 0.25) is 5.02 Å². The summed E-state index contributed by atoms with van der Waals surface area (Å²) in [5.41, 5.74) is 3.11. The number of nitriles is 1. The van der Waals surface area contributed by atoms with E-state index in [1.54, 1.807) is 11.7 Å². The molecule has 0 saturated heterocycles. The van der Waals surface area contributed by atoms with Crippen molar-refractivity contribution in [3.05, 3.63) is 40.0 Å². The summed E-state index contributed by atoms with van der Waals surface area (Å²) in [5, 5.41) is 17.1. The molecule has 4 nitrogen and oxygen atoms in total. The maximum atomic E-state index is 9.14. The second-order valence-corrected chi connectivity index (χ2v) is 4.56. The number of nitrogens with one attached hydrogen (secondary N) is 1. The second-order valence-electron chi connectivity index (χ2n) is 4.15. The molecule has 5 heteroatoms. The summed E-state index contributed by atoms with van der Waals surface area (Å²) in [6.07, 6.45) is 0. The highest BCUT2D eigenvalue weighted by molar-refractivity contribution is 6.33. The van der Waals surface area contributed by atoms with Crippen LogP contribution in [0.15, 0.2) is 18.2 Å². The van der Waals surface area contributed by atoms with E-state index < -0.39 is 0 Å². The molecule has 2 rings (SSSR count). The Hall–Kier alpha value is -1.99. The third-order valence-corrected chi connectivity index (χ3v) is 3.04. The standard InChI is InChI=1S/C13H13ClN4/c1-8-4-5-11(14)12(6-8)16-13-10(7-15)9(2)17-18(13)3/h4-6,16H,1-3H3. The van der Waals surface area contributed by atoms with Crippen LogP contribution < -0.4 is 5.32 Å². The number of anilines is 2. The summed E-state index contributed by atoms with van der Waals surface area (Å²) >= 11 is 6.13. The summed E-state index contributed by atoms with van der Waals surface area (Å²) < 4.78 is 1.65. The van der Waals surface area contributed by atoms with Gasteiger partial charge >= 0.3 is 0 Å². The molecule has 1 N–H and O–H groups in total. The van der Waals surface area contributed by atoms with Crippen molar-refractivity contribution in [2.24, 2.45) is 7.05 Å². The van der Waals surface area contributed by atoms with Crippen molar-refractivity contribution in [3.8, 4) is 6.07 Å². The minimum Gasteiger partial charge on any atom is -0.338 e. The lowest BCUT2D eigenvalue weighted by atomic mass is 10.2. The summed E-state index contributed by atoms with van der Waals surface area (Å²) in [4.78, 5) is 0. The smallest absolute Gasteiger partial charge is 0.146 e. The van der Waals surface area contributed by atoms with Crippen LogP contribution in [0.25, 0.3) is 0 Å². The third kappa shape index (κ3) is 2.18. The van der Waals surface area contributed by atoms with Crippen LogP contribution in [-0.4, -0.2) is 9.78 Å². The molecule has 0 bridgehead atoms. The second kappa shape index (κ2) is 4.71. The van der Waals surface area contributed by atoms with Crippen molar-refractivity contribution in [1.29, 1.82) is 5.26 Å². The molecule has 0 aliphatic heterocycles. The first kappa shape index (κ1) is 12.5. The van der Waals surface area contributed by atoms with E-state index in [1.807, 2.05) is 32.0 Å². The predicted octanol–water partition coefficient (Wildman–Crippen LogP) is 3.31. The highest BCUT2D eigenvalue weighted by Gasteiger charge is 2.13. The number of halogens is 1. The zero-order valence-electron chi connectivity index (χ0n) is 10.5. The molecule has 0 saturated carbocycles. The van der Waals surface area contributed by atoms with Gasteiger partial charge in [-0.2, -0.15) is 10.4 Å². The van der Waals surface area contributed by atoms with Gasteiger partial charge in [-0.25, -0.2) is 0 Å². The topological polar surface area (TPSA) is 53.6 Å². The van der Waals surface area contributed by atoms with Gasteiger partial charge in [-0.15, -0.1) is 0 Å². The molecule has 0 spiro atoms. The van der Waals surface area contributed by atoms with Crippen LogP contribution in [0.4, 0.5) is 11.5 Å². The van der Waals surface area contributed by atoms with E-state index in [9.17, 15) is 0 Å². The maximum Gasteiger partial charge on any atom is 0.146 e. The van der Waals surface area contributed by atoms with Crippen molar-refractivity contribution < 1.29 is 0 Å². The number of hydrogen-bond acceptors (Lipinski definition) is 3. The SMILES string of the molecule is Cc1ccc(Cl)c(Nc2c(C#N)c(C)nn2C)c1. The number of benzene rings is 1. The van der Waals surface area contributed by atoms with Crippen LogP contribution in [-0.2, 0) is 7.05 Å². The van der Waals surface area contributed by atoms with Gasteiger partial charge < -0.3 is 5.32 Å². The first-order chi connectivity index (χ1) is 8.52. The van der Waals surface area contributed by atoms with E-state index in [0.717, 1.165) is 11.3 Å². The van der Waals surface area contributed by atoms with Gasteiger partial charge in [-0.3, -0.25) is 4.68 Å². The van der Waals surface area contributed by atoms with E-state index in [2.05, 4.69) is 16.5 Å². The molecule has 18 heavy (non-hydrogen) atoms. The fourth-order valence-electron chi connectivity index (χ4n) is 1.80. The molecule has 0 amide bonds. The lowest BCUT2D eigenvalue weighted by molar-refractivity contribution is 0.765. The molecule has 0 unspecified atom stereocenters. The van der Waals surface area contributed by atoms with Crippen LogP contribution in [0.3, 0.4) is 0 Å². The minimum atomic E-state index is 0.537. The molecule has 2 aromatic rings. The van der Waals surface area contributed by atoms with E-state index in [-0.39, 0.29) is 0 Å². The summed E-state index contributed by atoms with van der Waals surface area (Å²) in [6.45, 7) is 3.79. The third-order valence-electron chi connectivity index (χ3n) is 2.71. The molecule has 0 radical (unpaired) electrons. The largest absolute Gasteiger partial charge is 0.338 e. The molecule has 92 valence electrons. The summed E-state index contributed by atoms with van der Waals surface area (Å²) in [7, 11) is 1.79. The summed E-state index contributed by atoms with van der Waals surface area (Å²) in [5.74, 6) is 0.655. The monoisotopic (exact) mass is 260 g/mol. The number of hydrogen-bond donors (Lipinski definition) is 1. The Morgan fingerprint density at radius 3 is 2.78 bits per heavy atom. The quantitative estimate of drug-likeness (QED) is 0.901. The van der Waals surface area contributed by atoms with Crippen LogP contribution in [0, 0.1) is 25.2 Å². The lowest BCUT2D eigenvalue weighted by Gasteiger charge is -2.09. The molecule has 0 atom stereocenters. The van der Waals surface area contributed by atoms with E-state index in [0.29, 0.717) is 22.1 Å². The lowest BCUT2D eigenvalue weighted by Crippen LogP contribution is -2.01. The Morgan fingerprint density at radius 2 is 2.11 bits per heavy atom. The normalized spacial score (nSPS) is 10.2. The number of nitrogens with zero attached hydrogens (tertiary/aromatic N) is 3. The van der Waals surface area contributed by atoms with Crippen molar-refractivity contribution in [1.82, 2.24) is 9.78 Å². The van der Waals surface area contributed by atoms with Gasteiger partial charge in [0.05, 0.1) is 16.4 Å². The molecular formula is C13H13ClN4. The average Bonchev–Trinajstić information content (AvgIpc) is 2.58. The molecular weight excluding hydrogens is 248 g/mol. The number of rotatable bonds is 2. The van der Waals surface area contributed by atoms with Gasteiger partial charge in [0.25, 0.3) is 0 Å². The Kier molecular flexibility index (Phi) is 3.26. The Morgan fingerprint density at radius 1 is 1.39 bits per heavy atom. The zero-order chi connectivity index (χ0) is 13.3. The van der Waals surface area contributed by atoms with Crippen molar-refractivity contribution >= 4 is 23.1 Å². The highest BCUT2D eigenvalue weighted by atomic mass is 35.5. The molecule has 1 aromatic heterocycles. The van der Waals surface area contributed by atoms with Crippen LogP contribution in [0.1, 0.15) is 16.8 Å². The van der Waals surface area contributed by atoms with Gasteiger partial charge in [0.2, 0.25) is 0 Å². The van der Waals surface area contributed by atoms with Crippen molar-refractivity contribution in [2.45, 2.75) is 13.8 Å². The van der Waals surface area contributed by atoms with Crippen molar-refractivity contribution in [3.63, 3.8) is 0 Å². The fourth-order valence-corrected chi connectivity index (χ4v) is 1.96. The van der Waals surface area contributed by atoms with Gasteiger partial charge in [-0.05, 0) is 31.5 Å². The Bertz CT molecular complexity index is 637. The average molecular weight is 261 g/mol. The molecule has 1 aromatic carbocycles. The molecule has 0 fully saturated rings. The van der Waals surface area contributed by atoms with Crippen molar-refractivity contribution in [2.75, 3.05) is 5.32 Å². The Balaban J connectivity index is 2.46. The molecule has 1 heterocycles. The van der Waals surface area contributed by atoms with Gasteiger partial charge in [0, 0.05) is 7.05 Å². The van der Waals surface area contributed by atoms with Gasteiger partial charge in [0.1, 0.15) is 17.5 Å². The highest BCUT2D eigenvalue weighted by Crippen LogP contribution is 2.28. The fraction of sp³-hybridized carbons (Fsp3) is 0.231.